The zero-order valence-electron chi connectivity index (χ0n) is 21.8. The molecule has 7 heteroatoms. The van der Waals surface area contributed by atoms with E-state index in [1.807, 2.05) is 20.8 Å². The molecule has 1 amide bonds. The molecule has 1 N–H and O–H groups in total. The Bertz CT molecular complexity index is 929. The number of hydrogen-bond donors (Lipinski definition) is 1. The molecule has 1 atom stereocenters. The van der Waals surface area contributed by atoms with Crippen molar-refractivity contribution in [2.24, 2.45) is 5.92 Å². The van der Waals surface area contributed by atoms with E-state index in [1.165, 1.54) is 5.56 Å². The molecular weight excluding hydrogens is 449 g/mol. The van der Waals surface area contributed by atoms with Crippen molar-refractivity contribution < 1.29 is 22.9 Å². The molecule has 1 unspecified atom stereocenters. The molecule has 0 spiro atoms. The van der Waals surface area contributed by atoms with Gasteiger partial charge in [-0.15, -0.1) is 0 Å². The van der Waals surface area contributed by atoms with Crippen LogP contribution < -0.4 is 5.32 Å². The molecule has 1 saturated carbocycles. The third kappa shape index (κ3) is 5.78. The highest BCUT2D eigenvalue weighted by molar-refractivity contribution is 7.48. The van der Waals surface area contributed by atoms with E-state index in [0.29, 0.717) is 11.3 Å². The molecule has 0 bridgehead atoms. The Balaban J connectivity index is 2.15. The Labute approximate surface area is 205 Å². The molecule has 1 aliphatic carbocycles. The van der Waals surface area contributed by atoms with Gasteiger partial charge < -0.3 is 9.84 Å². The van der Waals surface area contributed by atoms with Gasteiger partial charge in [-0.2, -0.15) is 0 Å². The second kappa shape index (κ2) is 11.4. The van der Waals surface area contributed by atoms with E-state index in [1.54, 1.807) is 0 Å². The molecule has 0 saturated heterocycles. The van der Waals surface area contributed by atoms with Gasteiger partial charge in [-0.1, -0.05) is 58.2 Å². The number of benzene rings is 1. The number of amides is 1. The zero-order chi connectivity index (χ0) is 24.9. The number of unbranched alkanes of at least 4 members (excludes halogenated alkanes) is 2. The highest BCUT2D eigenvalue weighted by Gasteiger charge is 2.55. The minimum absolute atomic E-state index is 0.175. The predicted molar refractivity (Wildman–Crippen MR) is 137 cm³/mol. The first kappa shape index (κ1) is 27.0. The molecule has 190 valence electrons. The zero-order valence-corrected chi connectivity index (χ0v) is 22.7. The van der Waals surface area contributed by atoms with Crippen LogP contribution in [-0.4, -0.2) is 24.7 Å². The Morgan fingerprint density at radius 2 is 1.53 bits per heavy atom. The van der Waals surface area contributed by atoms with Gasteiger partial charge in [0.1, 0.15) is 5.76 Å². The average Bonchev–Trinajstić information content (AvgIpc) is 3.62. The molecule has 3 rings (SSSR count). The molecule has 0 aromatic heterocycles. The molecule has 2 aliphatic rings. The lowest BCUT2D eigenvalue weighted by atomic mass is 9.87. The number of aryl methyl sites for hydroxylation is 3. The third-order valence-corrected chi connectivity index (χ3v) is 8.25. The number of nitrogens with one attached hydrogen (secondary N) is 1. The highest BCUT2D eigenvalue weighted by Crippen LogP contribution is 2.58. The summed E-state index contributed by atoms with van der Waals surface area (Å²) < 4.78 is 31.7. The van der Waals surface area contributed by atoms with Crippen molar-refractivity contribution in [3.8, 4) is 0 Å². The molecule has 1 fully saturated rings. The van der Waals surface area contributed by atoms with Crippen LogP contribution in [-0.2, 0) is 35.8 Å². The van der Waals surface area contributed by atoms with Gasteiger partial charge in [0.25, 0.3) is 5.91 Å². The number of hydrogen-bond acceptors (Lipinski definition) is 5. The maximum absolute atomic E-state index is 13.9. The van der Waals surface area contributed by atoms with Crippen molar-refractivity contribution in [1.29, 1.82) is 0 Å². The Hall–Kier alpha value is -1.62. The molecule has 34 heavy (non-hydrogen) atoms. The van der Waals surface area contributed by atoms with Crippen LogP contribution in [0.5, 0.6) is 0 Å². The molecule has 1 aliphatic heterocycles. The first-order chi connectivity index (χ1) is 16.2. The summed E-state index contributed by atoms with van der Waals surface area (Å²) >= 11 is 0. The lowest BCUT2D eigenvalue weighted by Gasteiger charge is -2.30. The van der Waals surface area contributed by atoms with E-state index in [9.17, 15) is 9.36 Å². The SMILES string of the molecule is CCCCOP(=O)(OCCCC)OC1=C(c2c(CC)cc(C)cc2CC)C(=O)NC1(C)C1CC1. The van der Waals surface area contributed by atoms with Crippen LogP contribution in [0.25, 0.3) is 5.57 Å². The number of rotatable bonds is 14. The smallest absolute Gasteiger partial charge is 0.405 e. The lowest BCUT2D eigenvalue weighted by molar-refractivity contribution is -0.116. The Morgan fingerprint density at radius 3 is 1.97 bits per heavy atom. The van der Waals surface area contributed by atoms with E-state index < -0.39 is 13.4 Å². The van der Waals surface area contributed by atoms with Crippen molar-refractivity contribution in [1.82, 2.24) is 5.32 Å². The standard InChI is InChI=1S/C27H42NO5P/c1-7-11-15-31-34(30,32-16-12-8-2)33-25-24(26(29)28-27(25,6)22-13-14-22)23-20(9-3)17-19(5)18-21(23)10-4/h17-18,22H,7-16H2,1-6H3,(H,28,29). The summed E-state index contributed by atoms with van der Waals surface area (Å²) in [5.41, 5.74) is 4.02. The quantitative estimate of drug-likeness (QED) is 0.227. The Kier molecular flexibility index (Phi) is 9.05. The highest BCUT2D eigenvalue weighted by atomic mass is 31.2. The lowest BCUT2D eigenvalue weighted by Crippen LogP contribution is -2.44. The third-order valence-electron chi connectivity index (χ3n) is 6.85. The fourth-order valence-electron chi connectivity index (χ4n) is 4.70. The number of carbonyl (C=O) groups excluding carboxylic acids is 1. The maximum atomic E-state index is 13.9. The maximum Gasteiger partial charge on any atom is 0.529 e. The van der Waals surface area contributed by atoms with Crippen molar-refractivity contribution in [3.63, 3.8) is 0 Å². The second-order valence-electron chi connectivity index (χ2n) is 9.71. The summed E-state index contributed by atoms with van der Waals surface area (Å²) in [4.78, 5) is 13.5. The summed E-state index contributed by atoms with van der Waals surface area (Å²) in [6, 6.07) is 4.27. The predicted octanol–water partition coefficient (Wildman–Crippen LogP) is 6.89. The van der Waals surface area contributed by atoms with Gasteiger partial charge in [-0.05, 0) is 75.0 Å². The van der Waals surface area contributed by atoms with Crippen molar-refractivity contribution in [2.45, 2.75) is 98.4 Å². The van der Waals surface area contributed by atoms with E-state index in [2.05, 4.69) is 38.2 Å². The first-order valence-corrected chi connectivity index (χ1v) is 14.5. The largest absolute Gasteiger partial charge is 0.529 e. The normalized spacial score (nSPS) is 20.7. The summed E-state index contributed by atoms with van der Waals surface area (Å²) in [6.45, 7) is 12.9. The average molecular weight is 492 g/mol. The fourth-order valence-corrected chi connectivity index (χ4v) is 6.09. The summed E-state index contributed by atoms with van der Waals surface area (Å²) in [7, 11) is -3.91. The van der Waals surface area contributed by atoms with Crippen molar-refractivity contribution in [3.05, 3.63) is 40.1 Å². The Morgan fingerprint density at radius 1 is 1.00 bits per heavy atom. The molecule has 0 radical (unpaired) electrons. The molecule has 6 nitrogen and oxygen atoms in total. The van der Waals surface area contributed by atoms with Crippen molar-refractivity contribution in [2.75, 3.05) is 13.2 Å². The van der Waals surface area contributed by atoms with Crippen LogP contribution in [0.1, 0.15) is 95.4 Å². The van der Waals surface area contributed by atoms with Gasteiger partial charge >= 0.3 is 7.82 Å². The summed E-state index contributed by atoms with van der Waals surface area (Å²) in [6.07, 6.45) is 6.87. The minimum Gasteiger partial charge on any atom is -0.405 e. The van der Waals surface area contributed by atoms with Gasteiger partial charge in [0.2, 0.25) is 0 Å². The van der Waals surface area contributed by atoms with Gasteiger partial charge in [0, 0.05) is 0 Å². The van der Waals surface area contributed by atoms with Gasteiger partial charge in [0.05, 0.1) is 24.3 Å². The first-order valence-electron chi connectivity index (χ1n) is 13.0. The van der Waals surface area contributed by atoms with Crippen LogP contribution in [0, 0.1) is 12.8 Å². The molecule has 1 aromatic carbocycles. The summed E-state index contributed by atoms with van der Waals surface area (Å²) in [5, 5.41) is 3.19. The number of phosphoric acid groups is 1. The minimum atomic E-state index is -3.91. The topological polar surface area (TPSA) is 73.9 Å². The van der Waals surface area contributed by atoms with Crippen LogP contribution in [0.3, 0.4) is 0 Å². The van der Waals surface area contributed by atoms with Gasteiger partial charge in [0.15, 0.2) is 0 Å². The van der Waals surface area contributed by atoms with Gasteiger partial charge in [-0.3, -0.25) is 13.8 Å². The van der Waals surface area contributed by atoms with Crippen molar-refractivity contribution >= 4 is 19.3 Å². The van der Waals surface area contributed by atoms with Crippen LogP contribution in [0.4, 0.5) is 0 Å². The van der Waals surface area contributed by atoms with E-state index in [0.717, 1.165) is 68.1 Å². The molecular formula is C27H42NO5P. The summed E-state index contributed by atoms with van der Waals surface area (Å²) in [5.74, 6) is 0.486. The molecule has 1 heterocycles. The molecule has 1 aromatic rings. The van der Waals surface area contributed by atoms with Crippen LogP contribution in [0.2, 0.25) is 0 Å². The monoisotopic (exact) mass is 491 g/mol. The van der Waals surface area contributed by atoms with E-state index in [-0.39, 0.29) is 25.0 Å². The number of carbonyl (C=O) groups is 1. The van der Waals surface area contributed by atoms with Crippen LogP contribution >= 0.6 is 7.82 Å². The number of phosphoric ester groups is 1. The van der Waals surface area contributed by atoms with Crippen LogP contribution in [0.15, 0.2) is 17.9 Å². The second-order valence-corrected chi connectivity index (χ2v) is 11.3. The van der Waals surface area contributed by atoms with E-state index in [4.69, 9.17) is 13.6 Å². The van der Waals surface area contributed by atoms with E-state index >= 15 is 0 Å². The van der Waals surface area contributed by atoms with Gasteiger partial charge in [-0.25, -0.2) is 4.57 Å². The fraction of sp³-hybridized carbons (Fsp3) is 0.667.